The summed E-state index contributed by atoms with van der Waals surface area (Å²) in [6, 6.07) is 6.08. The van der Waals surface area contributed by atoms with Crippen molar-refractivity contribution in [3.8, 4) is 10.6 Å². The number of carbonyl (C=O) groups excluding carboxylic acids is 1. The van der Waals surface area contributed by atoms with E-state index in [0.717, 1.165) is 12.0 Å². The van der Waals surface area contributed by atoms with Crippen molar-refractivity contribution in [3.63, 3.8) is 0 Å². The van der Waals surface area contributed by atoms with Crippen molar-refractivity contribution >= 4 is 22.9 Å². The molecule has 0 bridgehead atoms. The number of hydrogen-bond donors (Lipinski definition) is 1. The molecule has 8 heteroatoms. The summed E-state index contributed by atoms with van der Waals surface area (Å²) in [6.45, 7) is 2.91. The van der Waals surface area contributed by atoms with E-state index in [4.69, 9.17) is 0 Å². The van der Waals surface area contributed by atoms with Gasteiger partial charge in [0.05, 0.1) is 11.0 Å². The molecule has 126 valence electrons. The number of thiazole rings is 1. The number of carbonyl (C=O) groups is 1. The molecule has 2 aromatic rings. The predicted molar refractivity (Wildman–Crippen MR) is 89.9 cm³/mol. The van der Waals surface area contributed by atoms with E-state index in [0.29, 0.717) is 23.8 Å². The van der Waals surface area contributed by atoms with E-state index < -0.39 is 11.0 Å². The third kappa shape index (κ3) is 3.29. The molecule has 0 radical (unpaired) electrons. The zero-order chi connectivity index (χ0) is 17.3. The number of nitrogens with zero attached hydrogens (tertiary/aromatic N) is 3. The quantitative estimate of drug-likeness (QED) is 0.680. The van der Waals surface area contributed by atoms with E-state index in [1.165, 1.54) is 23.5 Å². The van der Waals surface area contributed by atoms with E-state index in [1.807, 2.05) is 6.92 Å². The highest BCUT2D eigenvalue weighted by atomic mass is 32.1. The fraction of sp³-hybridized carbons (Fsp3) is 0.375. The van der Waals surface area contributed by atoms with Gasteiger partial charge in [-0.15, -0.1) is 11.3 Å². The maximum absolute atomic E-state index is 12.5. The van der Waals surface area contributed by atoms with Crippen LogP contribution in [-0.2, 0) is 0 Å². The Morgan fingerprint density at radius 2 is 2.12 bits per heavy atom. The summed E-state index contributed by atoms with van der Waals surface area (Å²) in [5, 5.41) is 22.9. The summed E-state index contributed by atoms with van der Waals surface area (Å²) in [6.07, 6.45) is 0.266. The summed E-state index contributed by atoms with van der Waals surface area (Å²) >= 11 is 1.32. The smallest absolute Gasteiger partial charge is 0.273 e. The van der Waals surface area contributed by atoms with Crippen molar-refractivity contribution in [2.45, 2.75) is 19.4 Å². The first-order valence-corrected chi connectivity index (χ1v) is 8.51. The van der Waals surface area contributed by atoms with Crippen LogP contribution in [0.1, 0.15) is 23.8 Å². The number of aliphatic hydroxyl groups is 1. The summed E-state index contributed by atoms with van der Waals surface area (Å²) in [4.78, 5) is 28.7. The van der Waals surface area contributed by atoms with Gasteiger partial charge in [-0.3, -0.25) is 14.9 Å². The number of non-ortho nitro benzene ring substituents is 1. The third-order valence-corrected chi connectivity index (χ3v) is 5.15. The SMILES string of the molecule is CC1CCN(C(=O)c2csc(-c3ccc([N+](=O)[O-])cc3)n2)CC1O. The van der Waals surface area contributed by atoms with Gasteiger partial charge in [0.25, 0.3) is 11.6 Å². The standard InChI is InChI=1S/C16H17N3O4S/c1-10-6-7-18(8-14(10)20)16(21)13-9-24-15(17-13)11-2-4-12(5-3-11)19(22)23/h2-5,9-10,14,20H,6-8H2,1H3. The first-order chi connectivity index (χ1) is 11.5. The van der Waals surface area contributed by atoms with Crippen LogP contribution in [-0.4, -0.2) is 45.0 Å². The number of amides is 1. The zero-order valence-corrected chi connectivity index (χ0v) is 13.9. The molecular formula is C16H17N3O4S. The summed E-state index contributed by atoms with van der Waals surface area (Å²) in [5.41, 5.74) is 1.09. The van der Waals surface area contributed by atoms with Gasteiger partial charge in [0.15, 0.2) is 0 Å². The van der Waals surface area contributed by atoms with Crippen LogP contribution in [0.4, 0.5) is 5.69 Å². The molecule has 1 aliphatic rings. The predicted octanol–water partition coefficient (Wildman–Crippen LogP) is 2.56. The molecule has 24 heavy (non-hydrogen) atoms. The molecule has 1 N–H and O–H groups in total. The van der Waals surface area contributed by atoms with Gasteiger partial charge in [-0.2, -0.15) is 0 Å². The molecule has 2 heterocycles. The fourth-order valence-corrected chi connectivity index (χ4v) is 3.43. The minimum absolute atomic E-state index is 0.0167. The largest absolute Gasteiger partial charge is 0.391 e. The van der Waals surface area contributed by atoms with Gasteiger partial charge in [-0.1, -0.05) is 6.92 Å². The average molecular weight is 347 g/mol. The summed E-state index contributed by atoms with van der Waals surface area (Å²) in [7, 11) is 0. The number of likely N-dealkylation sites (tertiary alicyclic amines) is 1. The van der Waals surface area contributed by atoms with Crippen LogP contribution >= 0.6 is 11.3 Å². The first kappa shape index (κ1) is 16.5. The third-order valence-electron chi connectivity index (χ3n) is 4.25. The number of nitro groups is 1. The molecule has 0 saturated carbocycles. The lowest BCUT2D eigenvalue weighted by atomic mass is 9.96. The maximum Gasteiger partial charge on any atom is 0.273 e. The number of hydrogen-bond acceptors (Lipinski definition) is 6. The zero-order valence-electron chi connectivity index (χ0n) is 13.1. The lowest BCUT2D eigenvalue weighted by molar-refractivity contribution is -0.384. The molecule has 1 aliphatic heterocycles. The van der Waals surface area contributed by atoms with E-state index in [-0.39, 0.29) is 17.5 Å². The minimum Gasteiger partial charge on any atom is -0.391 e. The molecule has 1 fully saturated rings. The van der Waals surface area contributed by atoms with Gasteiger partial charge in [-0.25, -0.2) is 4.98 Å². The second-order valence-corrected chi connectivity index (χ2v) is 6.78. The highest BCUT2D eigenvalue weighted by Gasteiger charge is 2.29. The second-order valence-electron chi connectivity index (χ2n) is 5.93. The number of β-amino-alcohol motifs (C(OH)–C–C–N with tert-alkyl or cyclic N) is 1. The molecule has 2 unspecified atom stereocenters. The van der Waals surface area contributed by atoms with Crippen LogP contribution in [0.3, 0.4) is 0 Å². The normalized spacial score (nSPS) is 20.8. The monoisotopic (exact) mass is 347 g/mol. The molecule has 0 spiro atoms. The molecule has 7 nitrogen and oxygen atoms in total. The topological polar surface area (TPSA) is 96.6 Å². The van der Waals surface area contributed by atoms with E-state index in [2.05, 4.69) is 4.98 Å². The molecule has 0 aliphatic carbocycles. The van der Waals surface area contributed by atoms with Crippen LogP contribution in [0, 0.1) is 16.0 Å². The van der Waals surface area contributed by atoms with Gasteiger partial charge in [0.1, 0.15) is 10.7 Å². The molecule has 2 atom stereocenters. The van der Waals surface area contributed by atoms with Crippen molar-refractivity contribution < 1.29 is 14.8 Å². The number of aliphatic hydroxyl groups excluding tert-OH is 1. The van der Waals surface area contributed by atoms with Crippen molar-refractivity contribution in [1.29, 1.82) is 0 Å². The highest BCUT2D eigenvalue weighted by Crippen LogP contribution is 2.27. The lowest BCUT2D eigenvalue weighted by Crippen LogP contribution is -2.45. The van der Waals surface area contributed by atoms with Crippen LogP contribution in [0.25, 0.3) is 10.6 Å². The van der Waals surface area contributed by atoms with E-state index in [9.17, 15) is 20.0 Å². The lowest BCUT2D eigenvalue weighted by Gasteiger charge is -2.33. The van der Waals surface area contributed by atoms with Gasteiger partial charge in [0.2, 0.25) is 0 Å². The Balaban J connectivity index is 1.75. The average Bonchev–Trinajstić information content (AvgIpc) is 3.07. The van der Waals surface area contributed by atoms with Crippen LogP contribution in [0.15, 0.2) is 29.6 Å². The molecule has 1 amide bonds. The van der Waals surface area contributed by atoms with Gasteiger partial charge >= 0.3 is 0 Å². The Bertz CT molecular complexity index is 759. The number of aromatic nitrogens is 1. The summed E-state index contributed by atoms with van der Waals surface area (Å²) < 4.78 is 0. The van der Waals surface area contributed by atoms with E-state index >= 15 is 0 Å². The fourth-order valence-electron chi connectivity index (χ4n) is 2.63. The first-order valence-electron chi connectivity index (χ1n) is 7.63. The van der Waals surface area contributed by atoms with Gasteiger partial charge in [-0.05, 0) is 24.5 Å². The second kappa shape index (κ2) is 6.66. The van der Waals surface area contributed by atoms with Gasteiger partial charge < -0.3 is 10.0 Å². The van der Waals surface area contributed by atoms with Crippen LogP contribution in [0.2, 0.25) is 0 Å². The number of piperidine rings is 1. The molecule has 3 rings (SSSR count). The Morgan fingerprint density at radius 1 is 1.42 bits per heavy atom. The summed E-state index contributed by atoms with van der Waals surface area (Å²) in [5.74, 6) is 0.00511. The Labute approximate surface area is 142 Å². The van der Waals surface area contributed by atoms with Crippen molar-refractivity contribution in [2.24, 2.45) is 5.92 Å². The number of benzene rings is 1. The molecule has 1 aromatic carbocycles. The Kier molecular flexibility index (Phi) is 4.59. The molecule has 1 saturated heterocycles. The van der Waals surface area contributed by atoms with Crippen molar-refractivity contribution in [1.82, 2.24) is 9.88 Å². The van der Waals surface area contributed by atoms with Crippen molar-refractivity contribution in [3.05, 3.63) is 45.5 Å². The van der Waals surface area contributed by atoms with Crippen molar-refractivity contribution in [2.75, 3.05) is 13.1 Å². The number of nitro benzene ring substituents is 1. The van der Waals surface area contributed by atoms with Crippen LogP contribution < -0.4 is 0 Å². The Morgan fingerprint density at radius 3 is 2.75 bits per heavy atom. The molecule has 1 aromatic heterocycles. The highest BCUT2D eigenvalue weighted by molar-refractivity contribution is 7.13. The van der Waals surface area contributed by atoms with E-state index in [1.54, 1.807) is 22.4 Å². The maximum atomic E-state index is 12.5. The van der Waals surface area contributed by atoms with Crippen LogP contribution in [0.5, 0.6) is 0 Å². The number of rotatable bonds is 3. The molecular weight excluding hydrogens is 330 g/mol. The van der Waals surface area contributed by atoms with Gasteiger partial charge in [0, 0.05) is 36.2 Å². The minimum atomic E-state index is -0.504. The Hall–Kier alpha value is -2.32.